The molecule has 0 saturated heterocycles. The zero-order chi connectivity index (χ0) is 24.2. The van der Waals surface area contributed by atoms with E-state index in [-0.39, 0.29) is 22.5 Å². The molecule has 0 aliphatic rings. The summed E-state index contributed by atoms with van der Waals surface area (Å²) < 4.78 is 50.9. The lowest BCUT2D eigenvalue weighted by molar-refractivity contribution is -0.118. The van der Waals surface area contributed by atoms with E-state index in [4.69, 9.17) is 9.47 Å². The van der Waals surface area contributed by atoms with Crippen LogP contribution >= 0.6 is 0 Å². The number of sulfone groups is 1. The van der Waals surface area contributed by atoms with E-state index < -0.39 is 27.2 Å². The van der Waals surface area contributed by atoms with E-state index in [1.54, 1.807) is 25.3 Å². The first-order valence-corrected chi connectivity index (χ1v) is 12.1. The molecular formula is C26H27FO5S. The Morgan fingerprint density at radius 3 is 2.24 bits per heavy atom. The molecule has 0 unspecified atom stereocenters. The Bertz CT molecular complexity index is 1240. The third kappa shape index (κ3) is 6.65. The van der Waals surface area contributed by atoms with Crippen LogP contribution in [0.2, 0.25) is 0 Å². The zero-order valence-corrected chi connectivity index (χ0v) is 19.9. The van der Waals surface area contributed by atoms with E-state index in [9.17, 15) is 17.6 Å². The Hall–Kier alpha value is -3.19. The number of ether oxygens (including phenoxy) is 2. The quantitative estimate of drug-likeness (QED) is 0.399. The number of halogens is 1. The molecule has 0 aliphatic heterocycles. The van der Waals surface area contributed by atoms with E-state index in [0.29, 0.717) is 5.75 Å². The maximum atomic E-state index is 14.0. The predicted molar refractivity (Wildman–Crippen MR) is 126 cm³/mol. The van der Waals surface area contributed by atoms with Gasteiger partial charge in [-0.3, -0.25) is 4.79 Å². The topological polar surface area (TPSA) is 69.7 Å². The summed E-state index contributed by atoms with van der Waals surface area (Å²) in [4.78, 5) is 12.0. The van der Waals surface area contributed by atoms with Crippen molar-refractivity contribution >= 4 is 15.6 Å². The molecule has 5 nitrogen and oxygen atoms in total. The molecule has 0 atom stereocenters. The van der Waals surface area contributed by atoms with E-state index in [0.717, 1.165) is 29.0 Å². The third-order valence-corrected chi connectivity index (χ3v) is 6.50. The summed E-state index contributed by atoms with van der Waals surface area (Å²) in [5.41, 5.74) is 1.42. The number of carbonyl (C=O) groups is 1. The zero-order valence-electron chi connectivity index (χ0n) is 19.1. The molecule has 0 spiro atoms. The average Bonchev–Trinajstić information content (AvgIpc) is 2.73. The van der Waals surface area contributed by atoms with Gasteiger partial charge in [0.2, 0.25) is 0 Å². The molecule has 33 heavy (non-hydrogen) atoms. The molecule has 3 aromatic carbocycles. The molecule has 0 aromatic heterocycles. The van der Waals surface area contributed by atoms with Crippen LogP contribution in [0.1, 0.15) is 27.2 Å². The molecule has 3 rings (SSSR count). The highest BCUT2D eigenvalue weighted by atomic mass is 32.2. The smallest absolute Gasteiger partial charge is 0.189 e. The molecule has 7 heteroatoms. The summed E-state index contributed by atoms with van der Waals surface area (Å²) in [5, 5.41) is 0. The minimum Gasteiger partial charge on any atom is -0.497 e. The van der Waals surface area contributed by atoms with Gasteiger partial charge in [-0.2, -0.15) is 0 Å². The fourth-order valence-corrected chi connectivity index (χ4v) is 4.78. The third-order valence-electron chi connectivity index (χ3n) is 4.80. The summed E-state index contributed by atoms with van der Waals surface area (Å²) in [6.07, 6.45) is 0.0989. The maximum Gasteiger partial charge on any atom is 0.189 e. The minimum absolute atomic E-state index is 0.0353. The van der Waals surface area contributed by atoms with E-state index >= 15 is 0 Å². The number of carbonyl (C=O) groups excluding carboxylic acids is 1. The highest BCUT2D eigenvalue weighted by Gasteiger charge is 2.27. The molecule has 174 valence electrons. The fraction of sp³-hybridized carbons (Fsp3) is 0.269. The number of hydrogen-bond acceptors (Lipinski definition) is 5. The van der Waals surface area contributed by atoms with E-state index in [1.165, 1.54) is 6.07 Å². The molecule has 3 aromatic rings. The first-order valence-electron chi connectivity index (χ1n) is 10.4. The van der Waals surface area contributed by atoms with Gasteiger partial charge in [-0.25, -0.2) is 12.8 Å². The van der Waals surface area contributed by atoms with Crippen molar-refractivity contribution in [3.63, 3.8) is 0 Å². The monoisotopic (exact) mass is 470 g/mol. The van der Waals surface area contributed by atoms with Gasteiger partial charge in [0.05, 0.1) is 7.11 Å². The molecule has 0 amide bonds. The van der Waals surface area contributed by atoms with Gasteiger partial charge in [0.25, 0.3) is 0 Å². The molecule has 0 saturated carbocycles. The van der Waals surface area contributed by atoms with Crippen molar-refractivity contribution in [1.29, 1.82) is 0 Å². The van der Waals surface area contributed by atoms with Crippen molar-refractivity contribution in [3.8, 4) is 28.4 Å². The van der Waals surface area contributed by atoms with Crippen molar-refractivity contribution in [2.75, 3.05) is 12.9 Å². The van der Waals surface area contributed by atoms with Crippen molar-refractivity contribution in [3.05, 3.63) is 72.5 Å². The lowest BCUT2D eigenvalue weighted by atomic mass is 9.90. The first-order chi connectivity index (χ1) is 15.5. The molecule has 0 bridgehead atoms. The van der Waals surface area contributed by atoms with Crippen molar-refractivity contribution < 1.29 is 27.1 Å². The Labute approximate surface area is 194 Å². The Balaban J connectivity index is 1.90. The molecule has 0 radical (unpaired) electrons. The predicted octanol–water partition coefficient (Wildman–Crippen LogP) is 6.07. The van der Waals surface area contributed by atoms with Gasteiger partial charge in [0.1, 0.15) is 39.5 Å². The maximum absolute atomic E-state index is 14.0. The van der Waals surface area contributed by atoms with Crippen LogP contribution in [-0.4, -0.2) is 27.1 Å². The summed E-state index contributed by atoms with van der Waals surface area (Å²) in [5.74, 6) is -0.793. The van der Waals surface area contributed by atoms with Gasteiger partial charge < -0.3 is 9.47 Å². The van der Waals surface area contributed by atoms with Crippen molar-refractivity contribution in [1.82, 2.24) is 0 Å². The summed E-state index contributed by atoms with van der Waals surface area (Å²) in [6, 6.07) is 17.8. The Morgan fingerprint density at radius 2 is 1.61 bits per heavy atom. The van der Waals surface area contributed by atoms with Crippen LogP contribution in [0, 0.1) is 11.2 Å². The average molecular weight is 471 g/mol. The number of rotatable bonds is 8. The molecule has 0 fully saturated rings. The number of methoxy groups -OCH3 is 1. The Kier molecular flexibility index (Phi) is 7.22. The van der Waals surface area contributed by atoms with E-state index in [1.807, 2.05) is 51.1 Å². The van der Waals surface area contributed by atoms with Crippen LogP contribution < -0.4 is 9.47 Å². The largest absolute Gasteiger partial charge is 0.497 e. The fourth-order valence-electron chi connectivity index (χ4n) is 3.39. The van der Waals surface area contributed by atoms with Gasteiger partial charge in [0.15, 0.2) is 9.84 Å². The van der Waals surface area contributed by atoms with Crippen LogP contribution in [-0.2, 0) is 14.6 Å². The van der Waals surface area contributed by atoms with Crippen molar-refractivity contribution in [2.24, 2.45) is 5.41 Å². The SMILES string of the molecule is COc1ccc(-c2cccc(Oc3ccc(F)cc3S(=O)(=O)CC(=O)CC(C)(C)C)c2)cc1. The summed E-state index contributed by atoms with van der Waals surface area (Å²) in [7, 11) is -2.51. The highest BCUT2D eigenvalue weighted by molar-refractivity contribution is 7.92. The second kappa shape index (κ2) is 9.75. The van der Waals surface area contributed by atoms with Crippen LogP contribution in [0.5, 0.6) is 17.2 Å². The molecule has 0 aliphatic carbocycles. The number of hydrogen-bond donors (Lipinski definition) is 0. The Morgan fingerprint density at radius 1 is 0.909 bits per heavy atom. The first kappa shape index (κ1) is 24.5. The lowest BCUT2D eigenvalue weighted by Crippen LogP contribution is -2.21. The summed E-state index contributed by atoms with van der Waals surface area (Å²) in [6.45, 7) is 5.55. The van der Waals surface area contributed by atoms with Gasteiger partial charge in [-0.15, -0.1) is 0 Å². The van der Waals surface area contributed by atoms with Crippen LogP contribution in [0.3, 0.4) is 0 Å². The van der Waals surface area contributed by atoms with Crippen LogP contribution in [0.25, 0.3) is 11.1 Å². The molecule has 0 N–H and O–H groups in total. The second-order valence-corrected chi connectivity index (χ2v) is 10.9. The van der Waals surface area contributed by atoms with Gasteiger partial charge in [-0.1, -0.05) is 45.0 Å². The van der Waals surface area contributed by atoms with Gasteiger partial charge in [-0.05, 0) is 59.0 Å². The minimum atomic E-state index is -4.10. The van der Waals surface area contributed by atoms with Gasteiger partial charge >= 0.3 is 0 Å². The number of benzene rings is 3. The van der Waals surface area contributed by atoms with Crippen LogP contribution in [0.15, 0.2) is 71.6 Å². The van der Waals surface area contributed by atoms with Crippen LogP contribution in [0.4, 0.5) is 4.39 Å². The molecule has 0 heterocycles. The van der Waals surface area contributed by atoms with Crippen molar-refractivity contribution in [2.45, 2.75) is 32.1 Å². The lowest BCUT2D eigenvalue weighted by Gasteiger charge is -2.17. The number of Topliss-reactive ketones (excluding diaryl/α,β-unsaturated/α-hetero) is 1. The normalized spacial score (nSPS) is 11.8. The van der Waals surface area contributed by atoms with Gasteiger partial charge in [0, 0.05) is 6.42 Å². The highest BCUT2D eigenvalue weighted by Crippen LogP contribution is 2.33. The second-order valence-electron chi connectivity index (χ2n) is 8.98. The molecular weight excluding hydrogens is 443 g/mol. The summed E-state index contributed by atoms with van der Waals surface area (Å²) >= 11 is 0. The standard InChI is InChI=1S/C26H27FO5S/c1-26(2,3)16-21(28)17-33(29,30)25-15-20(27)10-13-24(25)32-23-7-5-6-19(14-23)18-8-11-22(31-4)12-9-18/h5-15H,16-17H2,1-4H3. The number of ketones is 1. The van der Waals surface area contributed by atoms with E-state index in [2.05, 4.69) is 0 Å².